The van der Waals surface area contributed by atoms with Crippen molar-refractivity contribution in [3.63, 3.8) is 0 Å². The first-order valence-corrected chi connectivity index (χ1v) is 8.93. The molecule has 1 aromatic carbocycles. The van der Waals surface area contributed by atoms with Gasteiger partial charge >= 0.3 is 0 Å². The minimum absolute atomic E-state index is 0.235. The van der Waals surface area contributed by atoms with E-state index in [4.69, 9.17) is 28.2 Å². The summed E-state index contributed by atoms with van der Waals surface area (Å²) in [6.45, 7) is 0. The number of hydrogen-bond donors (Lipinski definition) is 1. The average molecular weight is 444 g/mol. The van der Waals surface area contributed by atoms with Crippen molar-refractivity contribution in [3.05, 3.63) is 62.3 Å². The molecule has 0 atom stereocenters. The van der Waals surface area contributed by atoms with Crippen LogP contribution in [-0.4, -0.2) is 21.1 Å². The molecule has 3 rings (SSSR count). The summed E-state index contributed by atoms with van der Waals surface area (Å²) in [6, 6.07) is 9.74. The van der Waals surface area contributed by atoms with E-state index in [0.717, 1.165) is 16.8 Å². The van der Waals surface area contributed by atoms with Gasteiger partial charge in [-0.25, -0.2) is 0 Å². The number of nitrogens with one attached hydrogen (secondary N) is 1. The molecule has 24 heavy (non-hydrogen) atoms. The zero-order valence-electron chi connectivity index (χ0n) is 11.8. The van der Waals surface area contributed by atoms with Gasteiger partial charge in [-0.05, 0) is 64.5 Å². The molecule has 9 heteroatoms. The van der Waals surface area contributed by atoms with Crippen LogP contribution in [0.25, 0.3) is 6.08 Å². The number of carbonyl (C=O) groups is 2. The van der Waals surface area contributed by atoms with Crippen LogP contribution in [0.5, 0.6) is 0 Å². The maximum absolute atomic E-state index is 12.4. The number of nitrogens with zero attached hydrogens (tertiary/aromatic N) is 1. The number of rotatable bonds is 3. The second-order valence-corrected chi connectivity index (χ2v) is 7.50. The molecule has 5 nitrogen and oxygen atoms in total. The Hall–Kier alpha value is -1.61. The SMILES string of the molecule is O=C(NN1C(=O)/C(=C/c2ccc(Br)o2)SC1=S)c1ccc(Cl)cc1. The van der Waals surface area contributed by atoms with Crippen molar-refractivity contribution >= 4 is 73.7 Å². The molecule has 1 saturated heterocycles. The Morgan fingerprint density at radius 2 is 2.00 bits per heavy atom. The first kappa shape index (κ1) is 17.2. The van der Waals surface area contributed by atoms with Gasteiger partial charge in [0.1, 0.15) is 5.76 Å². The molecule has 1 aromatic heterocycles. The summed E-state index contributed by atoms with van der Waals surface area (Å²) in [5.41, 5.74) is 2.86. The van der Waals surface area contributed by atoms with Gasteiger partial charge < -0.3 is 4.42 Å². The summed E-state index contributed by atoms with van der Waals surface area (Å²) in [7, 11) is 0. The second-order valence-electron chi connectivity index (χ2n) is 4.61. The van der Waals surface area contributed by atoms with Gasteiger partial charge in [-0.15, -0.1) is 0 Å². The topological polar surface area (TPSA) is 62.6 Å². The minimum atomic E-state index is -0.454. The fraction of sp³-hybridized carbons (Fsp3) is 0. The summed E-state index contributed by atoms with van der Waals surface area (Å²) in [5, 5.41) is 1.56. The number of halogens is 2. The Balaban J connectivity index is 1.76. The van der Waals surface area contributed by atoms with Gasteiger partial charge in [0.05, 0.1) is 4.91 Å². The van der Waals surface area contributed by atoms with E-state index in [2.05, 4.69) is 21.4 Å². The van der Waals surface area contributed by atoms with Crippen LogP contribution >= 0.6 is 51.5 Å². The van der Waals surface area contributed by atoms with Crippen molar-refractivity contribution < 1.29 is 14.0 Å². The van der Waals surface area contributed by atoms with Gasteiger partial charge in [0.15, 0.2) is 8.99 Å². The Bertz CT molecular complexity index is 864. The molecule has 1 N–H and O–H groups in total. The number of thioether (sulfide) groups is 1. The van der Waals surface area contributed by atoms with Crippen molar-refractivity contribution in [2.75, 3.05) is 0 Å². The Kier molecular flexibility index (Phi) is 5.09. The first-order chi connectivity index (χ1) is 11.4. The molecule has 2 aromatic rings. The van der Waals surface area contributed by atoms with E-state index in [9.17, 15) is 9.59 Å². The number of amides is 2. The molecule has 1 aliphatic heterocycles. The van der Waals surface area contributed by atoms with Crippen molar-refractivity contribution in [3.8, 4) is 0 Å². The number of benzene rings is 1. The third kappa shape index (κ3) is 3.72. The highest BCUT2D eigenvalue weighted by molar-refractivity contribution is 9.10. The molecule has 0 spiro atoms. The lowest BCUT2D eigenvalue weighted by Crippen LogP contribution is -2.44. The van der Waals surface area contributed by atoms with E-state index in [1.165, 1.54) is 0 Å². The lowest BCUT2D eigenvalue weighted by Gasteiger charge is -2.15. The largest absolute Gasteiger partial charge is 0.450 e. The molecule has 1 fully saturated rings. The number of hydrazine groups is 1. The van der Waals surface area contributed by atoms with Crippen LogP contribution in [0.15, 0.2) is 50.4 Å². The predicted octanol–water partition coefficient (Wildman–Crippen LogP) is 4.24. The molecule has 0 radical (unpaired) electrons. The summed E-state index contributed by atoms with van der Waals surface area (Å²) in [4.78, 5) is 25.0. The lowest BCUT2D eigenvalue weighted by atomic mass is 10.2. The summed E-state index contributed by atoms with van der Waals surface area (Å²) in [5.74, 6) is -0.365. The second kappa shape index (κ2) is 7.10. The van der Waals surface area contributed by atoms with Gasteiger partial charge in [-0.3, -0.25) is 15.0 Å². The normalized spacial score (nSPS) is 16.1. The smallest absolute Gasteiger partial charge is 0.285 e. The van der Waals surface area contributed by atoms with Crippen LogP contribution in [0.4, 0.5) is 0 Å². The zero-order valence-corrected chi connectivity index (χ0v) is 15.8. The standard InChI is InChI=1S/C15H8BrClN2O3S2/c16-12-6-5-10(22-12)7-11-14(21)19(15(23)24-11)18-13(20)8-1-3-9(17)4-2-8/h1-7H,(H,18,20)/b11-7-. The highest BCUT2D eigenvalue weighted by atomic mass is 79.9. The van der Waals surface area contributed by atoms with Crippen LogP contribution in [-0.2, 0) is 4.79 Å². The van der Waals surface area contributed by atoms with E-state index in [1.807, 2.05) is 0 Å². The number of thiocarbonyl (C=S) groups is 1. The van der Waals surface area contributed by atoms with E-state index in [-0.39, 0.29) is 4.32 Å². The Morgan fingerprint density at radius 1 is 1.29 bits per heavy atom. The Labute approximate surface area is 160 Å². The van der Waals surface area contributed by atoms with E-state index in [0.29, 0.717) is 25.9 Å². The van der Waals surface area contributed by atoms with Crippen LogP contribution in [0.2, 0.25) is 5.02 Å². The van der Waals surface area contributed by atoms with E-state index < -0.39 is 11.8 Å². The van der Waals surface area contributed by atoms with Gasteiger partial charge in [-0.2, -0.15) is 5.01 Å². The molecular formula is C15H8BrClN2O3S2. The number of furan rings is 1. The molecule has 2 heterocycles. The third-order valence-corrected chi connectivity index (χ3v) is 4.96. The highest BCUT2D eigenvalue weighted by Gasteiger charge is 2.34. The minimum Gasteiger partial charge on any atom is -0.450 e. The summed E-state index contributed by atoms with van der Waals surface area (Å²) in [6.07, 6.45) is 1.57. The average Bonchev–Trinajstić information content (AvgIpc) is 3.06. The molecule has 2 amide bonds. The number of hydrogen-bond acceptors (Lipinski definition) is 5. The maximum atomic E-state index is 12.4. The van der Waals surface area contributed by atoms with E-state index >= 15 is 0 Å². The van der Waals surface area contributed by atoms with Crippen molar-refractivity contribution in [2.45, 2.75) is 0 Å². The molecule has 0 unspecified atom stereocenters. The van der Waals surface area contributed by atoms with Gasteiger partial charge in [0.2, 0.25) is 0 Å². The molecule has 0 aliphatic carbocycles. The van der Waals surface area contributed by atoms with Crippen LogP contribution < -0.4 is 5.43 Å². The number of carbonyl (C=O) groups excluding carboxylic acids is 2. The molecule has 0 bridgehead atoms. The maximum Gasteiger partial charge on any atom is 0.285 e. The van der Waals surface area contributed by atoms with E-state index in [1.54, 1.807) is 42.5 Å². The zero-order chi connectivity index (χ0) is 17.3. The third-order valence-electron chi connectivity index (χ3n) is 2.98. The summed E-state index contributed by atoms with van der Waals surface area (Å²) >= 11 is 15.2. The molecule has 0 saturated carbocycles. The van der Waals surface area contributed by atoms with Gasteiger partial charge in [-0.1, -0.05) is 23.4 Å². The summed E-state index contributed by atoms with van der Waals surface area (Å²) < 4.78 is 6.13. The van der Waals surface area contributed by atoms with Crippen molar-refractivity contribution in [2.24, 2.45) is 0 Å². The fourth-order valence-corrected chi connectivity index (χ4v) is 3.47. The quantitative estimate of drug-likeness (QED) is 0.568. The van der Waals surface area contributed by atoms with Gasteiger partial charge in [0.25, 0.3) is 11.8 Å². The van der Waals surface area contributed by atoms with Crippen LogP contribution in [0, 0.1) is 0 Å². The molecule has 122 valence electrons. The van der Waals surface area contributed by atoms with Gasteiger partial charge in [0, 0.05) is 16.7 Å². The fourth-order valence-electron chi connectivity index (χ4n) is 1.87. The lowest BCUT2D eigenvalue weighted by molar-refractivity contribution is -0.123. The van der Waals surface area contributed by atoms with Crippen LogP contribution in [0.3, 0.4) is 0 Å². The Morgan fingerprint density at radius 3 is 2.62 bits per heavy atom. The monoisotopic (exact) mass is 442 g/mol. The van der Waals surface area contributed by atoms with Crippen molar-refractivity contribution in [1.82, 2.24) is 10.4 Å². The predicted molar refractivity (Wildman–Crippen MR) is 100 cm³/mol. The molecule has 1 aliphatic rings. The van der Waals surface area contributed by atoms with Crippen molar-refractivity contribution in [1.29, 1.82) is 0 Å². The molecular weight excluding hydrogens is 436 g/mol. The first-order valence-electron chi connectivity index (χ1n) is 6.54. The highest BCUT2D eigenvalue weighted by Crippen LogP contribution is 2.32. The van der Waals surface area contributed by atoms with Crippen LogP contribution in [0.1, 0.15) is 16.1 Å².